The van der Waals surface area contributed by atoms with Crippen molar-refractivity contribution in [3.8, 4) is 11.5 Å². The quantitative estimate of drug-likeness (QED) is 0.608. The largest absolute Gasteiger partial charge is 0.493 e. The highest BCUT2D eigenvalue weighted by Gasteiger charge is 2.14. The molecule has 2 aromatic rings. The van der Waals surface area contributed by atoms with Gasteiger partial charge in [0.25, 0.3) is 0 Å². The van der Waals surface area contributed by atoms with Gasteiger partial charge < -0.3 is 14.8 Å². The Balaban J connectivity index is 1.92. The Labute approximate surface area is 171 Å². The molecular weight excluding hydrogens is 434 g/mol. The summed E-state index contributed by atoms with van der Waals surface area (Å²) >= 11 is 3.38. The third kappa shape index (κ3) is 6.76. The summed E-state index contributed by atoms with van der Waals surface area (Å²) < 4.78 is 35.6. The van der Waals surface area contributed by atoms with Gasteiger partial charge in [0.05, 0.1) is 19.7 Å². The van der Waals surface area contributed by atoms with E-state index < -0.39 is 6.61 Å². The molecule has 1 amide bonds. The molecule has 2 rings (SSSR count). The summed E-state index contributed by atoms with van der Waals surface area (Å²) in [4.78, 5) is 14.1. The number of methoxy groups -OCH3 is 1. The van der Waals surface area contributed by atoms with Crippen LogP contribution in [0.4, 0.5) is 8.78 Å². The van der Waals surface area contributed by atoms with Crippen molar-refractivity contribution < 1.29 is 23.0 Å². The number of carbonyl (C=O) groups excluding carboxylic acids is 1. The first-order valence-electron chi connectivity index (χ1n) is 8.63. The van der Waals surface area contributed by atoms with Gasteiger partial charge in [0.15, 0.2) is 11.5 Å². The maximum Gasteiger partial charge on any atom is 0.387 e. The number of rotatable bonds is 9. The van der Waals surface area contributed by atoms with E-state index in [2.05, 4.69) is 26.0 Å². The lowest BCUT2D eigenvalue weighted by Crippen LogP contribution is -2.36. The second-order valence-corrected chi connectivity index (χ2v) is 7.29. The highest BCUT2D eigenvalue weighted by atomic mass is 79.9. The van der Waals surface area contributed by atoms with Crippen molar-refractivity contribution in [2.24, 2.45) is 0 Å². The van der Waals surface area contributed by atoms with Gasteiger partial charge in [-0.3, -0.25) is 9.69 Å². The van der Waals surface area contributed by atoms with Crippen molar-refractivity contribution in [3.05, 3.63) is 58.1 Å². The zero-order valence-electron chi connectivity index (χ0n) is 15.9. The first kappa shape index (κ1) is 22.1. The summed E-state index contributed by atoms with van der Waals surface area (Å²) in [6.45, 7) is -0.465. The second kappa shape index (κ2) is 10.4. The summed E-state index contributed by atoms with van der Waals surface area (Å²) in [5, 5.41) is 2.95. The van der Waals surface area contributed by atoms with Crippen LogP contribution < -0.4 is 14.8 Å². The second-order valence-electron chi connectivity index (χ2n) is 6.38. The number of carbonyl (C=O) groups is 1. The maximum absolute atomic E-state index is 12.5. The normalized spacial score (nSPS) is 12.1. The lowest BCUT2D eigenvalue weighted by molar-refractivity contribution is -0.122. The molecule has 0 radical (unpaired) electrons. The van der Waals surface area contributed by atoms with Crippen molar-refractivity contribution in [3.63, 3.8) is 0 Å². The van der Waals surface area contributed by atoms with Crippen LogP contribution in [-0.4, -0.2) is 38.1 Å². The van der Waals surface area contributed by atoms with E-state index in [0.29, 0.717) is 6.54 Å². The van der Waals surface area contributed by atoms with Crippen LogP contribution in [0, 0.1) is 0 Å². The lowest BCUT2D eigenvalue weighted by Gasteiger charge is -2.20. The molecule has 0 heterocycles. The summed E-state index contributed by atoms with van der Waals surface area (Å²) in [7, 11) is 3.16. The van der Waals surface area contributed by atoms with Crippen molar-refractivity contribution in [1.82, 2.24) is 10.2 Å². The van der Waals surface area contributed by atoms with E-state index in [1.54, 1.807) is 24.1 Å². The minimum absolute atomic E-state index is 0.0308. The Bertz CT molecular complexity index is 788. The molecule has 8 heteroatoms. The molecule has 0 saturated heterocycles. The molecule has 1 unspecified atom stereocenters. The summed E-state index contributed by atoms with van der Waals surface area (Å²) in [6.07, 6.45) is 0. The standard InChI is InChI=1S/C20H23BrF2N2O3/c1-13(15-5-7-16(21)8-6-15)24-19(26)12-25(2)11-14-4-9-17(27-3)18(10-14)28-20(22)23/h4-10,13,20H,11-12H2,1-3H3,(H,24,26). The molecule has 28 heavy (non-hydrogen) atoms. The third-order valence-corrected chi connectivity index (χ3v) is 4.59. The first-order chi connectivity index (χ1) is 13.3. The number of nitrogens with zero attached hydrogens (tertiary/aromatic N) is 1. The van der Waals surface area contributed by atoms with Gasteiger partial charge in [-0.25, -0.2) is 0 Å². The number of hydrogen-bond acceptors (Lipinski definition) is 4. The molecule has 1 atom stereocenters. The number of alkyl halides is 2. The van der Waals surface area contributed by atoms with Crippen LogP contribution >= 0.6 is 15.9 Å². The zero-order valence-corrected chi connectivity index (χ0v) is 17.5. The fourth-order valence-electron chi connectivity index (χ4n) is 2.74. The summed E-state index contributed by atoms with van der Waals surface area (Å²) in [5.74, 6) is 0.0694. The van der Waals surface area contributed by atoms with E-state index in [4.69, 9.17) is 4.74 Å². The molecule has 0 aliphatic rings. The fraction of sp³-hybridized carbons (Fsp3) is 0.350. The molecule has 0 bridgehead atoms. The number of benzene rings is 2. The van der Waals surface area contributed by atoms with Crippen molar-refractivity contribution in [2.45, 2.75) is 26.1 Å². The van der Waals surface area contributed by atoms with E-state index in [9.17, 15) is 13.6 Å². The Hall–Kier alpha value is -2.19. The highest BCUT2D eigenvalue weighted by molar-refractivity contribution is 9.10. The minimum Gasteiger partial charge on any atom is -0.493 e. The van der Waals surface area contributed by atoms with Gasteiger partial charge in [-0.2, -0.15) is 8.78 Å². The third-order valence-electron chi connectivity index (χ3n) is 4.06. The van der Waals surface area contributed by atoms with Crippen LogP contribution in [0.2, 0.25) is 0 Å². The number of ether oxygens (including phenoxy) is 2. The Kier molecular flexibility index (Phi) is 8.19. The van der Waals surface area contributed by atoms with Gasteiger partial charge in [0.1, 0.15) is 0 Å². The van der Waals surface area contributed by atoms with Crippen LogP contribution in [0.25, 0.3) is 0 Å². The number of halogens is 3. The van der Waals surface area contributed by atoms with Crippen LogP contribution in [0.15, 0.2) is 46.9 Å². The summed E-state index contributed by atoms with van der Waals surface area (Å²) in [5.41, 5.74) is 1.73. The molecule has 2 aromatic carbocycles. The number of amides is 1. The van der Waals surface area contributed by atoms with Crippen LogP contribution in [-0.2, 0) is 11.3 Å². The number of hydrogen-bond donors (Lipinski definition) is 1. The van der Waals surface area contributed by atoms with Crippen LogP contribution in [0.3, 0.4) is 0 Å². The van der Waals surface area contributed by atoms with Gasteiger partial charge in [0, 0.05) is 11.0 Å². The monoisotopic (exact) mass is 456 g/mol. The van der Waals surface area contributed by atoms with Gasteiger partial charge in [-0.15, -0.1) is 0 Å². The summed E-state index contributed by atoms with van der Waals surface area (Å²) in [6, 6.07) is 12.4. The predicted molar refractivity (Wildman–Crippen MR) is 107 cm³/mol. The Morgan fingerprint density at radius 1 is 1.18 bits per heavy atom. The molecule has 5 nitrogen and oxygen atoms in total. The smallest absolute Gasteiger partial charge is 0.387 e. The van der Waals surface area contributed by atoms with Crippen molar-refractivity contribution >= 4 is 21.8 Å². The SMILES string of the molecule is COc1ccc(CN(C)CC(=O)NC(C)c2ccc(Br)cc2)cc1OC(F)F. The molecular formula is C20H23BrF2N2O3. The maximum atomic E-state index is 12.5. The average Bonchev–Trinajstić information content (AvgIpc) is 2.61. The van der Waals surface area contributed by atoms with E-state index in [-0.39, 0.29) is 30.0 Å². The molecule has 0 fully saturated rings. The van der Waals surface area contributed by atoms with E-state index in [1.165, 1.54) is 13.2 Å². The van der Waals surface area contributed by atoms with Gasteiger partial charge in [-0.05, 0) is 49.4 Å². The molecule has 1 N–H and O–H groups in total. The average molecular weight is 457 g/mol. The van der Waals surface area contributed by atoms with Gasteiger partial charge in [-0.1, -0.05) is 34.1 Å². The first-order valence-corrected chi connectivity index (χ1v) is 9.43. The van der Waals surface area contributed by atoms with Crippen molar-refractivity contribution in [1.29, 1.82) is 0 Å². The molecule has 0 spiro atoms. The lowest BCUT2D eigenvalue weighted by atomic mass is 10.1. The predicted octanol–water partition coefficient (Wildman–Crippen LogP) is 4.37. The Morgan fingerprint density at radius 2 is 1.86 bits per heavy atom. The van der Waals surface area contributed by atoms with Crippen LogP contribution in [0.5, 0.6) is 11.5 Å². The molecule has 0 aromatic heterocycles. The van der Waals surface area contributed by atoms with E-state index >= 15 is 0 Å². The molecule has 152 valence electrons. The topological polar surface area (TPSA) is 50.8 Å². The number of likely N-dealkylation sites (N-methyl/N-ethyl adjacent to an activating group) is 1. The Morgan fingerprint density at radius 3 is 2.46 bits per heavy atom. The van der Waals surface area contributed by atoms with Crippen LogP contribution in [0.1, 0.15) is 24.1 Å². The zero-order chi connectivity index (χ0) is 20.7. The van der Waals surface area contributed by atoms with E-state index in [0.717, 1.165) is 15.6 Å². The van der Waals surface area contributed by atoms with Gasteiger partial charge >= 0.3 is 6.61 Å². The number of nitrogens with one attached hydrogen (secondary N) is 1. The molecule has 0 aliphatic heterocycles. The molecule has 0 saturated carbocycles. The van der Waals surface area contributed by atoms with Crippen molar-refractivity contribution in [2.75, 3.05) is 20.7 Å². The fourth-order valence-corrected chi connectivity index (χ4v) is 3.01. The highest BCUT2D eigenvalue weighted by Crippen LogP contribution is 2.29. The minimum atomic E-state index is -2.94. The van der Waals surface area contributed by atoms with Gasteiger partial charge in [0.2, 0.25) is 5.91 Å². The molecule has 0 aliphatic carbocycles. The van der Waals surface area contributed by atoms with E-state index in [1.807, 2.05) is 31.2 Å².